The van der Waals surface area contributed by atoms with E-state index in [2.05, 4.69) is 21.6 Å². The van der Waals surface area contributed by atoms with Crippen molar-refractivity contribution >= 4 is 11.6 Å². The summed E-state index contributed by atoms with van der Waals surface area (Å²) in [5.74, 6) is 0.0282. The van der Waals surface area contributed by atoms with Crippen LogP contribution in [0.5, 0.6) is 0 Å². The highest BCUT2D eigenvalue weighted by Crippen LogP contribution is 2.13. The number of hydrogen-bond donors (Lipinski definition) is 2. The number of carbonyl (C=O) groups excluding carboxylic acids is 1. The molecular weight excluding hydrogens is 238 g/mol. The average Bonchev–Trinajstić information content (AvgIpc) is 2.35. The van der Waals surface area contributed by atoms with Gasteiger partial charge in [0.15, 0.2) is 0 Å². The predicted molar refractivity (Wildman–Crippen MR) is 80.2 cm³/mol. The Labute approximate surface area is 116 Å². The molecule has 19 heavy (non-hydrogen) atoms. The maximum absolute atomic E-state index is 12.0. The first-order valence-electron chi connectivity index (χ1n) is 6.78. The minimum Gasteiger partial charge on any atom is -0.326 e. The highest BCUT2D eigenvalue weighted by molar-refractivity contribution is 5.92. The van der Waals surface area contributed by atoms with Gasteiger partial charge in [0.2, 0.25) is 5.91 Å². The maximum atomic E-state index is 12.0. The van der Waals surface area contributed by atoms with Crippen molar-refractivity contribution in [1.82, 2.24) is 10.2 Å². The van der Waals surface area contributed by atoms with Gasteiger partial charge >= 0.3 is 0 Å². The van der Waals surface area contributed by atoms with Crippen molar-refractivity contribution in [3.05, 3.63) is 29.8 Å². The van der Waals surface area contributed by atoms with Crippen LogP contribution in [-0.4, -0.2) is 38.0 Å². The van der Waals surface area contributed by atoms with E-state index in [1.54, 1.807) is 0 Å². The fraction of sp³-hybridized carbons (Fsp3) is 0.533. The van der Waals surface area contributed by atoms with Crippen molar-refractivity contribution in [1.29, 1.82) is 0 Å². The highest BCUT2D eigenvalue weighted by atomic mass is 16.1. The van der Waals surface area contributed by atoms with Gasteiger partial charge in [-0.2, -0.15) is 0 Å². The van der Waals surface area contributed by atoms with Crippen LogP contribution in [0.1, 0.15) is 19.4 Å². The Morgan fingerprint density at radius 1 is 1.37 bits per heavy atom. The molecule has 2 N–H and O–H groups in total. The minimum absolute atomic E-state index is 0.0301. The molecule has 0 bridgehead atoms. The van der Waals surface area contributed by atoms with Gasteiger partial charge in [-0.05, 0) is 38.3 Å². The molecule has 0 heterocycles. The molecule has 0 aliphatic rings. The summed E-state index contributed by atoms with van der Waals surface area (Å²) < 4.78 is 0. The molecule has 1 rings (SSSR count). The molecule has 0 saturated heterocycles. The molecule has 4 nitrogen and oxygen atoms in total. The normalized spacial score (nSPS) is 12.5. The van der Waals surface area contributed by atoms with Crippen LogP contribution in [0.3, 0.4) is 0 Å². The van der Waals surface area contributed by atoms with Gasteiger partial charge in [0.1, 0.15) is 0 Å². The van der Waals surface area contributed by atoms with Crippen molar-refractivity contribution in [2.45, 2.75) is 20.4 Å². The van der Waals surface area contributed by atoms with Crippen molar-refractivity contribution in [2.75, 3.05) is 32.5 Å². The second-order valence-corrected chi connectivity index (χ2v) is 5.14. The quantitative estimate of drug-likeness (QED) is 0.790. The van der Waals surface area contributed by atoms with E-state index in [0.29, 0.717) is 6.54 Å². The molecule has 1 aromatic rings. The summed E-state index contributed by atoms with van der Waals surface area (Å²) in [6.45, 7) is 6.43. The van der Waals surface area contributed by atoms with Crippen LogP contribution in [0.4, 0.5) is 5.69 Å². The van der Waals surface area contributed by atoms with Crippen LogP contribution in [0.2, 0.25) is 0 Å². The zero-order valence-electron chi connectivity index (χ0n) is 12.4. The fourth-order valence-corrected chi connectivity index (χ4v) is 1.83. The summed E-state index contributed by atoms with van der Waals surface area (Å²) in [6, 6.07) is 8.00. The molecule has 0 aliphatic heterocycles. The average molecular weight is 263 g/mol. The molecular formula is C15H25N3O. The number of carbonyl (C=O) groups is 1. The molecule has 1 unspecified atom stereocenters. The van der Waals surface area contributed by atoms with Gasteiger partial charge in [-0.15, -0.1) is 0 Å². The Morgan fingerprint density at radius 2 is 2.11 bits per heavy atom. The van der Waals surface area contributed by atoms with Crippen LogP contribution in [0.15, 0.2) is 24.3 Å². The lowest BCUT2D eigenvalue weighted by Gasteiger charge is -2.14. The van der Waals surface area contributed by atoms with Crippen molar-refractivity contribution in [3.63, 3.8) is 0 Å². The van der Waals surface area contributed by atoms with Crippen molar-refractivity contribution in [3.8, 4) is 0 Å². The minimum atomic E-state index is -0.0301. The number of rotatable bonds is 7. The first-order chi connectivity index (χ1) is 9.02. The molecule has 0 radical (unpaired) electrons. The second-order valence-electron chi connectivity index (χ2n) is 5.14. The number of benzene rings is 1. The smallest absolute Gasteiger partial charge is 0.228 e. The van der Waals surface area contributed by atoms with E-state index >= 15 is 0 Å². The topological polar surface area (TPSA) is 44.4 Å². The molecule has 0 aliphatic carbocycles. The first-order valence-corrected chi connectivity index (χ1v) is 6.78. The standard InChI is InChI=1S/C15H25N3O/c1-5-16-10-12(2)15(19)17-14-8-6-7-13(9-14)11-18(3)4/h6-9,12,16H,5,10-11H2,1-4H3,(H,17,19). The van der Waals surface area contributed by atoms with Crippen LogP contribution >= 0.6 is 0 Å². The lowest BCUT2D eigenvalue weighted by atomic mass is 10.1. The molecule has 0 fully saturated rings. The number of amides is 1. The Hall–Kier alpha value is -1.39. The van der Waals surface area contributed by atoms with Crippen LogP contribution < -0.4 is 10.6 Å². The molecule has 0 spiro atoms. The summed E-state index contributed by atoms with van der Waals surface area (Å²) in [6.07, 6.45) is 0. The lowest BCUT2D eigenvalue weighted by molar-refractivity contribution is -0.119. The Bertz CT molecular complexity index is 404. The Kier molecular flexibility index (Phi) is 6.53. The van der Waals surface area contributed by atoms with Gasteiger partial charge in [-0.25, -0.2) is 0 Å². The number of nitrogens with one attached hydrogen (secondary N) is 2. The summed E-state index contributed by atoms with van der Waals surface area (Å²) in [5, 5.41) is 6.15. The second kappa shape index (κ2) is 7.92. The van der Waals surface area contributed by atoms with E-state index in [9.17, 15) is 4.79 Å². The Morgan fingerprint density at radius 3 is 2.74 bits per heavy atom. The third kappa shape index (κ3) is 5.85. The Balaban J connectivity index is 2.58. The molecule has 106 valence electrons. The van der Waals surface area contributed by atoms with E-state index in [1.165, 1.54) is 5.56 Å². The summed E-state index contributed by atoms with van der Waals surface area (Å²) >= 11 is 0. The summed E-state index contributed by atoms with van der Waals surface area (Å²) in [5.41, 5.74) is 2.06. The lowest BCUT2D eigenvalue weighted by Crippen LogP contribution is -2.30. The first kappa shape index (κ1) is 15.7. The number of hydrogen-bond acceptors (Lipinski definition) is 3. The van der Waals surface area contributed by atoms with Crippen molar-refractivity contribution < 1.29 is 4.79 Å². The summed E-state index contributed by atoms with van der Waals surface area (Å²) in [4.78, 5) is 14.1. The van der Waals surface area contributed by atoms with Gasteiger partial charge in [0.25, 0.3) is 0 Å². The molecule has 0 aromatic heterocycles. The third-order valence-corrected chi connectivity index (χ3v) is 2.84. The van der Waals surface area contributed by atoms with Gasteiger partial charge < -0.3 is 15.5 Å². The molecule has 4 heteroatoms. The monoisotopic (exact) mass is 263 g/mol. The summed E-state index contributed by atoms with van der Waals surface area (Å²) in [7, 11) is 4.06. The van der Waals surface area contributed by atoms with Gasteiger partial charge in [-0.3, -0.25) is 4.79 Å². The number of nitrogens with zero attached hydrogens (tertiary/aromatic N) is 1. The highest BCUT2D eigenvalue weighted by Gasteiger charge is 2.12. The van der Waals surface area contributed by atoms with Crippen molar-refractivity contribution in [2.24, 2.45) is 5.92 Å². The van der Waals surface area contributed by atoms with Gasteiger partial charge in [0, 0.05) is 24.7 Å². The van der Waals surface area contributed by atoms with Gasteiger partial charge in [-0.1, -0.05) is 26.0 Å². The zero-order valence-corrected chi connectivity index (χ0v) is 12.4. The van der Waals surface area contributed by atoms with Crippen LogP contribution in [0.25, 0.3) is 0 Å². The molecule has 1 atom stereocenters. The molecule has 0 saturated carbocycles. The van der Waals surface area contributed by atoms with Crippen LogP contribution in [0, 0.1) is 5.92 Å². The SMILES string of the molecule is CCNCC(C)C(=O)Nc1cccc(CN(C)C)c1. The van der Waals surface area contributed by atoms with E-state index in [0.717, 1.165) is 18.8 Å². The van der Waals surface area contributed by atoms with E-state index in [-0.39, 0.29) is 11.8 Å². The van der Waals surface area contributed by atoms with Gasteiger partial charge in [0.05, 0.1) is 0 Å². The molecule has 1 aromatic carbocycles. The third-order valence-electron chi connectivity index (χ3n) is 2.84. The predicted octanol–water partition coefficient (Wildman–Crippen LogP) is 1.93. The molecule has 1 amide bonds. The van der Waals surface area contributed by atoms with Crippen LogP contribution in [-0.2, 0) is 11.3 Å². The fourth-order valence-electron chi connectivity index (χ4n) is 1.83. The maximum Gasteiger partial charge on any atom is 0.228 e. The van der Waals surface area contributed by atoms with E-state index in [4.69, 9.17) is 0 Å². The largest absolute Gasteiger partial charge is 0.326 e. The van der Waals surface area contributed by atoms with E-state index in [1.807, 2.05) is 46.1 Å². The number of anilines is 1. The zero-order chi connectivity index (χ0) is 14.3. The van der Waals surface area contributed by atoms with E-state index < -0.39 is 0 Å².